The first kappa shape index (κ1) is 16.2. The topological polar surface area (TPSA) is 66.9 Å². The third-order valence-corrected chi connectivity index (χ3v) is 3.43. The number of carbonyl (C=O) groups excluding carboxylic acids is 1. The summed E-state index contributed by atoms with van der Waals surface area (Å²) in [5, 5.41) is 6.52. The number of hydrogen-bond donors (Lipinski definition) is 2. The maximum Gasteiger partial charge on any atom is 0.270 e. The third-order valence-electron chi connectivity index (χ3n) is 3.10. The Bertz CT molecular complexity index is 633. The van der Waals surface area contributed by atoms with Gasteiger partial charge in [-0.15, -0.1) is 0 Å². The van der Waals surface area contributed by atoms with Gasteiger partial charge in [-0.25, -0.2) is 9.97 Å². The van der Waals surface area contributed by atoms with Gasteiger partial charge in [0.2, 0.25) is 0 Å². The summed E-state index contributed by atoms with van der Waals surface area (Å²) in [7, 11) is 0. The first-order valence-electron chi connectivity index (χ1n) is 7.32. The zero-order valence-corrected chi connectivity index (χ0v) is 13.2. The van der Waals surface area contributed by atoms with Crippen LogP contribution >= 0.6 is 11.6 Å². The van der Waals surface area contributed by atoms with Gasteiger partial charge >= 0.3 is 0 Å². The molecule has 1 amide bonds. The summed E-state index contributed by atoms with van der Waals surface area (Å²) >= 11 is 6.09. The number of rotatable bonds is 7. The Hall–Kier alpha value is -2.14. The predicted molar refractivity (Wildman–Crippen MR) is 88.6 cm³/mol. The normalized spacial score (nSPS) is 10.3. The molecule has 116 valence electrons. The number of anilines is 2. The highest BCUT2D eigenvalue weighted by Crippen LogP contribution is 2.23. The molecule has 0 spiro atoms. The first-order valence-corrected chi connectivity index (χ1v) is 7.70. The molecule has 1 aromatic carbocycles. The minimum absolute atomic E-state index is 0.194. The van der Waals surface area contributed by atoms with Gasteiger partial charge in [-0.2, -0.15) is 0 Å². The summed E-state index contributed by atoms with van der Waals surface area (Å²) in [5.41, 5.74) is 1.07. The third kappa shape index (κ3) is 4.70. The van der Waals surface area contributed by atoms with Gasteiger partial charge in [-0.05, 0) is 18.6 Å². The van der Waals surface area contributed by atoms with Crippen LogP contribution in [-0.2, 0) is 0 Å². The molecule has 0 saturated heterocycles. The number of aromatic nitrogens is 2. The molecule has 1 heterocycles. The number of nitrogens with zero attached hydrogens (tertiary/aromatic N) is 2. The molecule has 2 aromatic rings. The highest BCUT2D eigenvalue weighted by atomic mass is 35.5. The predicted octanol–water partition coefficient (Wildman–Crippen LogP) is 3.79. The van der Waals surface area contributed by atoms with Crippen molar-refractivity contribution in [1.82, 2.24) is 15.3 Å². The Morgan fingerprint density at radius 3 is 2.82 bits per heavy atom. The fourth-order valence-electron chi connectivity index (χ4n) is 1.92. The van der Waals surface area contributed by atoms with Crippen LogP contribution in [0.1, 0.15) is 36.7 Å². The van der Waals surface area contributed by atoms with E-state index in [0.717, 1.165) is 24.9 Å². The first-order chi connectivity index (χ1) is 10.7. The van der Waals surface area contributed by atoms with Crippen molar-refractivity contribution in [3.05, 3.63) is 47.4 Å². The van der Waals surface area contributed by atoms with E-state index >= 15 is 0 Å². The van der Waals surface area contributed by atoms with Crippen molar-refractivity contribution < 1.29 is 4.79 Å². The SMILES string of the molecule is CCCCCNC(=O)c1cc(Nc2ccccc2Cl)ncn1. The van der Waals surface area contributed by atoms with E-state index in [1.165, 1.54) is 6.33 Å². The van der Waals surface area contributed by atoms with E-state index in [1.54, 1.807) is 12.1 Å². The average Bonchev–Trinajstić information content (AvgIpc) is 2.54. The van der Waals surface area contributed by atoms with E-state index in [2.05, 4.69) is 27.5 Å². The summed E-state index contributed by atoms with van der Waals surface area (Å²) in [5.74, 6) is 0.336. The maximum atomic E-state index is 12.0. The van der Waals surface area contributed by atoms with Crippen LogP contribution in [0.5, 0.6) is 0 Å². The number of hydrogen-bond acceptors (Lipinski definition) is 4. The van der Waals surface area contributed by atoms with Crippen LogP contribution in [0.15, 0.2) is 36.7 Å². The molecular weight excluding hydrogens is 300 g/mol. The van der Waals surface area contributed by atoms with Gasteiger partial charge in [0.15, 0.2) is 0 Å². The van der Waals surface area contributed by atoms with E-state index in [0.29, 0.717) is 23.1 Å². The fourth-order valence-corrected chi connectivity index (χ4v) is 2.10. The van der Waals surface area contributed by atoms with Crippen LogP contribution in [-0.4, -0.2) is 22.4 Å². The summed E-state index contributed by atoms with van der Waals surface area (Å²) in [6.07, 6.45) is 4.55. The zero-order chi connectivity index (χ0) is 15.8. The Morgan fingerprint density at radius 1 is 1.23 bits per heavy atom. The zero-order valence-electron chi connectivity index (χ0n) is 12.5. The summed E-state index contributed by atoms with van der Waals surface area (Å²) in [4.78, 5) is 20.1. The molecule has 1 aromatic heterocycles. The van der Waals surface area contributed by atoms with Crippen molar-refractivity contribution in [3.8, 4) is 0 Å². The number of nitrogens with one attached hydrogen (secondary N) is 2. The molecule has 2 N–H and O–H groups in total. The molecular formula is C16H19ClN4O. The summed E-state index contributed by atoms with van der Waals surface area (Å²) < 4.78 is 0. The Morgan fingerprint density at radius 2 is 2.05 bits per heavy atom. The van der Waals surface area contributed by atoms with Crippen molar-refractivity contribution in [2.75, 3.05) is 11.9 Å². The quantitative estimate of drug-likeness (QED) is 0.762. The number of amides is 1. The molecule has 0 unspecified atom stereocenters. The number of halogens is 1. The second kappa shape index (κ2) is 8.34. The summed E-state index contributed by atoms with van der Waals surface area (Å²) in [6.45, 7) is 2.78. The maximum absolute atomic E-state index is 12.0. The van der Waals surface area contributed by atoms with E-state index in [9.17, 15) is 4.79 Å². The van der Waals surface area contributed by atoms with Crippen molar-refractivity contribution in [2.24, 2.45) is 0 Å². The van der Waals surface area contributed by atoms with Crippen molar-refractivity contribution in [2.45, 2.75) is 26.2 Å². The summed E-state index contributed by atoms with van der Waals surface area (Å²) in [6, 6.07) is 8.96. The molecule has 0 aliphatic rings. The molecule has 0 fully saturated rings. The van der Waals surface area contributed by atoms with Gasteiger partial charge < -0.3 is 10.6 Å². The second-order valence-electron chi connectivity index (χ2n) is 4.86. The molecule has 5 nitrogen and oxygen atoms in total. The van der Waals surface area contributed by atoms with Crippen molar-refractivity contribution in [1.29, 1.82) is 0 Å². The Kier molecular flexibility index (Phi) is 6.15. The van der Waals surface area contributed by atoms with Crippen LogP contribution < -0.4 is 10.6 Å². The van der Waals surface area contributed by atoms with Crippen molar-refractivity contribution in [3.63, 3.8) is 0 Å². The molecule has 0 aliphatic carbocycles. The van der Waals surface area contributed by atoms with Crippen LogP contribution in [0.3, 0.4) is 0 Å². The number of unbranched alkanes of at least 4 members (excludes halogenated alkanes) is 2. The van der Waals surface area contributed by atoms with Gasteiger partial charge in [-0.3, -0.25) is 4.79 Å². The monoisotopic (exact) mass is 318 g/mol. The van der Waals surface area contributed by atoms with Crippen LogP contribution in [0.25, 0.3) is 0 Å². The fraction of sp³-hybridized carbons (Fsp3) is 0.312. The van der Waals surface area contributed by atoms with E-state index in [4.69, 9.17) is 11.6 Å². The van der Waals surface area contributed by atoms with E-state index in [-0.39, 0.29) is 5.91 Å². The van der Waals surface area contributed by atoms with Crippen LogP contribution in [0, 0.1) is 0 Å². The van der Waals surface area contributed by atoms with Crippen LogP contribution in [0.2, 0.25) is 5.02 Å². The van der Waals surface area contributed by atoms with Gasteiger partial charge in [0.25, 0.3) is 5.91 Å². The van der Waals surface area contributed by atoms with Crippen molar-refractivity contribution >= 4 is 29.0 Å². The second-order valence-corrected chi connectivity index (χ2v) is 5.26. The smallest absolute Gasteiger partial charge is 0.270 e. The highest BCUT2D eigenvalue weighted by Gasteiger charge is 2.09. The molecule has 0 bridgehead atoms. The lowest BCUT2D eigenvalue weighted by atomic mass is 10.2. The van der Waals surface area contributed by atoms with Gasteiger partial charge in [0.05, 0.1) is 10.7 Å². The van der Waals surface area contributed by atoms with Gasteiger partial charge in [-0.1, -0.05) is 43.5 Å². The molecule has 2 rings (SSSR count). The minimum Gasteiger partial charge on any atom is -0.351 e. The number of para-hydroxylation sites is 1. The highest BCUT2D eigenvalue weighted by molar-refractivity contribution is 6.33. The molecule has 0 radical (unpaired) electrons. The Balaban J connectivity index is 2.00. The molecule has 0 aliphatic heterocycles. The minimum atomic E-state index is -0.194. The lowest BCUT2D eigenvalue weighted by Gasteiger charge is -2.08. The van der Waals surface area contributed by atoms with Gasteiger partial charge in [0, 0.05) is 12.6 Å². The standard InChI is InChI=1S/C16H19ClN4O/c1-2-3-6-9-18-16(22)14-10-15(20-11-19-14)21-13-8-5-4-7-12(13)17/h4-5,7-8,10-11H,2-3,6,9H2,1H3,(H,18,22)(H,19,20,21). The average molecular weight is 319 g/mol. The molecule has 0 saturated carbocycles. The van der Waals surface area contributed by atoms with Gasteiger partial charge in [0.1, 0.15) is 17.8 Å². The largest absolute Gasteiger partial charge is 0.351 e. The van der Waals surface area contributed by atoms with E-state index in [1.807, 2.05) is 18.2 Å². The Labute approximate surface area is 135 Å². The molecule has 22 heavy (non-hydrogen) atoms. The molecule has 6 heteroatoms. The lowest BCUT2D eigenvalue weighted by Crippen LogP contribution is -2.25. The number of carbonyl (C=O) groups is 1. The van der Waals surface area contributed by atoms with E-state index < -0.39 is 0 Å². The molecule has 0 atom stereocenters. The number of benzene rings is 1. The lowest BCUT2D eigenvalue weighted by molar-refractivity contribution is 0.0948. The van der Waals surface area contributed by atoms with Crippen LogP contribution in [0.4, 0.5) is 11.5 Å².